The van der Waals surface area contributed by atoms with Crippen LogP contribution in [0.5, 0.6) is 0 Å². The molecule has 1 rings (SSSR count). The minimum atomic E-state index is -0.683. The third-order valence-electron chi connectivity index (χ3n) is 3.41. The van der Waals surface area contributed by atoms with Gasteiger partial charge in [0, 0.05) is 34.5 Å². The van der Waals surface area contributed by atoms with Crippen molar-refractivity contribution in [3.05, 3.63) is 0 Å². The quantitative estimate of drug-likeness (QED) is 0.576. The lowest BCUT2D eigenvalue weighted by Crippen LogP contribution is -2.41. The summed E-state index contributed by atoms with van der Waals surface area (Å²) in [7, 11) is -1.35. The average molecular weight is 247 g/mol. The van der Waals surface area contributed by atoms with Crippen LogP contribution in [0, 0.1) is 0 Å². The molecule has 0 N–H and O–H groups in total. The Hall–Kier alpha value is 0.868. The largest absolute Gasteiger partial charge is 0.0724 e. The molecule has 0 aliphatic carbocycles. The highest BCUT2D eigenvalue weighted by Gasteiger charge is 2.30. The summed E-state index contributed by atoms with van der Waals surface area (Å²) in [6.45, 7) is 13.3. The zero-order valence-corrected chi connectivity index (χ0v) is 14.5. The average Bonchev–Trinajstić information content (AvgIpc) is 1.78. The predicted octanol–water partition coefficient (Wildman–Crippen LogP) is 2.44. The second-order valence-corrected chi connectivity index (χ2v) is 24.4. The van der Waals surface area contributed by atoms with E-state index in [2.05, 4.69) is 32.7 Å². The van der Waals surface area contributed by atoms with Gasteiger partial charge in [-0.2, -0.15) is 0 Å². The molecule has 0 nitrogen and oxygen atoms in total. The molecule has 78 valence electrons. The summed E-state index contributed by atoms with van der Waals surface area (Å²) in [5.74, 6) is 0. The van der Waals surface area contributed by atoms with Gasteiger partial charge in [0.2, 0.25) is 0 Å². The van der Waals surface area contributed by atoms with Crippen LogP contribution in [-0.4, -0.2) is 34.5 Å². The summed E-state index contributed by atoms with van der Waals surface area (Å²) >= 11 is 0. The summed E-state index contributed by atoms with van der Waals surface area (Å²) in [4.78, 5) is 0. The van der Waals surface area contributed by atoms with Crippen molar-refractivity contribution in [3.63, 3.8) is 0 Å². The van der Waals surface area contributed by atoms with Crippen LogP contribution < -0.4 is 0 Å². The van der Waals surface area contributed by atoms with E-state index in [9.17, 15) is 0 Å². The van der Waals surface area contributed by atoms with Crippen molar-refractivity contribution >= 4 is 34.5 Å². The molecule has 1 aliphatic heterocycles. The van der Waals surface area contributed by atoms with E-state index >= 15 is 0 Å². The Bertz CT molecular complexity index is 153. The maximum absolute atomic E-state index is 2.66. The van der Waals surface area contributed by atoms with Gasteiger partial charge >= 0.3 is 0 Å². The molecule has 0 amide bonds. The molecule has 1 heterocycles. The van der Waals surface area contributed by atoms with E-state index in [0.717, 1.165) is 0 Å². The topological polar surface area (TPSA) is 0 Å². The van der Waals surface area contributed by atoms with Crippen LogP contribution in [0.15, 0.2) is 0 Å². The van der Waals surface area contributed by atoms with Gasteiger partial charge in [0.25, 0.3) is 0 Å². The lowest BCUT2D eigenvalue weighted by atomic mass is 11.7. The van der Waals surface area contributed by atoms with E-state index in [1.165, 1.54) is 0 Å². The van der Waals surface area contributed by atoms with E-state index < -0.39 is 8.07 Å². The normalized spacial score (nSPS) is 40.8. The number of rotatable bonds is 0. The molecule has 0 spiro atoms. The molecular weight excluding hydrogens is 220 g/mol. The molecular formula is C9H26Si4. The van der Waals surface area contributed by atoms with E-state index in [0.29, 0.717) is 0 Å². The third-order valence-corrected chi connectivity index (χ3v) is 30.7. The second kappa shape index (κ2) is 4.59. The fraction of sp³-hybridized carbons (Fsp3) is 1.00. The SMILES string of the molecule is C[SiH]1C[SiH](C)C[Si](C)(C)C[SiH](C)C1. The first kappa shape index (κ1) is 11.9. The Kier molecular flexibility index (Phi) is 4.22. The lowest BCUT2D eigenvalue weighted by Gasteiger charge is -2.33. The first-order valence-electron chi connectivity index (χ1n) is 5.89. The highest BCUT2D eigenvalue weighted by molar-refractivity contribution is 7.00. The van der Waals surface area contributed by atoms with Crippen molar-refractivity contribution < 1.29 is 0 Å². The van der Waals surface area contributed by atoms with Gasteiger partial charge in [-0.3, -0.25) is 0 Å². The standard InChI is InChI=1S/C9H26Si4/c1-10-6-11(2)8-13(4,5)9-12(3)7-10/h10-12H,6-9H2,1-5H3. The molecule has 0 bridgehead atoms. The Balaban J connectivity index is 2.59. The van der Waals surface area contributed by atoms with Crippen molar-refractivity contribution in [2.45, 2.75) is 55.4 Å². The van der Waals surface area contributed by atoms with Crippen LogP contribution in [0.25, 0.3) is 0 Å². The third kappa shape index (κ3) is 4.27. The molecule has 0 saturated carbocycles. The van der Waals surface area contributed by atoms with Crippen molar-refractivity contribution in [2.24, 2.45) is 0 Å². The van der Waals surface area contributed by atoms with Gasteiger partial charge in [0.1, 0.15) is 0 Å². The van der Waals surface area contributed by atoms with Crippen molar-refractivity contribution in [1.82, 2.24) is 0 Å². The molecule has 2 atom stereocenters. The lowest BCUT2D eigenvalue weighted by molar-refractivity contribution is 1.45. The van der Waals surface area contributed by atoms with Crippen LogP contribution in [0.2, 0.25) is 55.4 Å². The zero-order chi connectivity index (χ0) is 10.1. The van der Waals surface area contributed by atoms with E-state index in [1.54, 1.807) is 22.7 Å². The van der Waals surface area contributed by atoms with E-state index in [1.807, 2.05) is 0 Å². The molecule has 13 heavy (non-hydrogen) atoms. The monoisotopic (exact) mass is 246 g/mol. The van der Waals surface area contributed by atoms with Gasteiger partial charge in [0.15, 0.2) is 0 Å². The smallest absolute Gasteiger partial charge is 0.0416 e. The van der Waals surface area contributed by atoms with Gasteiger partial charge in [0.05, 0.1) is 0 Å². The highest BCUT2D eigenvalue weighted by atomic mass is 28.4. The first-order valence-corrected chi connectivity index (χ1v) is 17.7. The Labute approximate surface area is 90.0 Å². The molecule has 4 heteroatoms. The molecule has 0 aromatic rings. The van der Waals surface area contributed by atoms with Crippen LogP contribution in [0.4, 0.5) is 0 Å². The van der Waals surface area contributed by atoms with Crippen LogP contribution >= 0.6 is 0 Å². The summed E-state index contributed by atoms with van der Waals surface area (Å²) in [5, 5.41) is 0. The summed E-state index contributed by atoms with van der Waals surface area (Å²) < 4.78 is 0. The van der Waals surface area contributed by atoms with Gasteiger partial charge in [-0.25, -0.2) is 0 Å². The molecule has 2 unspecified atom stereocenters. The van der Waals surface area contributed by atoms with Crippen LogP contribution in [0.1, 0.15) is 0 Å². The van der Waals surface area contributed by atoms with Crippen molar-refractivity contribution in [3.8, 4) is 0 Å². The number of hydrogen-bond donors (Lipinski definition) is 0. The van der Waals surface area contributed by atoms with Gasteiger partial charge in [-0.05, 0) is 0 Å². The van der Waals surface area contributed by atoms with E-state index in [4.69, 9.17) is 0 Å². The molecule has 1 fully saturated rings. The second-order valence-electron chi connectivity index (χ2n) is 6.36. The maximum Gasteiger partial charge on any atom is 0.0416 e. The van der Waals surface area contributed by atoms with Crippen molar-refractivity contribution in [2.75, 3.05) is 0 Å². The minimum Gasteiger partial charge on any atom is -0.0724 e. The first-order chi connectivity index (χ1) is 5.89. The zero-order valence-electron chi connectivity index (χ0n) is 10.1. The van der Waals surface area contributed by atoms with Crippen molar-refractivity contribution in [1.29, 1.82) is 0 Å². The van der Waals surface area contributed by atoms with E-state index in [-0.39, 0.29) is 26.4 Å². The molecule has 0 aromatic heterocycles. The predicted molar refractivity (Wildman–Crippen MR) is 75.7 cm³/mol. The minimum absolute atomic E-state index is 0.197. The van der Waals surface area contributed by atoms with Gasteiger partial charge < -0.3 is 0 Å². The molecule has 1 saturated heterocycles. The Morgan fingerprint density at radius 2 is 1.15 bits per heavy atom. The van der Waals surface area contributed by atoms with Crippen LogP contribution in [0.3, 0.4) is 0 Å². The fourth-order valence-corrected chi connectivity index (χ4v) is 38.7. The van der Waals surface area contributed by atoms with Crippen LogP contribution in [-0.2, 0) is 0 Å². The number of hydrogen-bond acceptors (Lipinski definition) is 0. The summed E-state index contributed by atoms with van der Waals surface area (Å²) in [5.41, 5.74) is 7.10. The van der Waals surface area contributed by atoms with Gasteiger partial charge in [-0.15, -0.1) is 0 Å². The molecule has 0 aromatic carbocycles. The maximum atomic E-state index is 2.66. The molecule has 0 radical (unpaired) electrons. The summed E-state index contributed by atoms with van der Waals surface area (Å²) in [6.07, 6.45) is 0. The highest BCUT2D eigenvalue weighted by Crippen LogP contribution is 2.26. The Morgan fingerprint density at radius 3 is 1.54 bits per heavy atom. The fourth-order valence-electron chi connectivity index (χ4n) is 3.61. The molecule has 1 aliphatic rings. The summed E-state index contributed by atoms with van der Waals surface area (Å²) in [6, 6.07) is 0. The Morgan fingerprint density at radius 1 is 0.769 bits per heavy atom. The van der Waals surface area contributed by atoms with Gasteiger partial charge in [-0.1, -0.05) is 55.4 Å².